The molecule has 0 spiro atoms. The van der Waals surface area contributed by atoms with Crippen molar-refractivity contribution < 1.29 is 23.1 Å². The average Bonchev–Trinajstić information content (AvgIpc) is 2.16. The van der Waals surface area contributed by atoms with Gasteiger partial charge in [0.05, 0.1) is 17.7 Å². The molecule has 0 radical (unpaired) electrons. The van der Waals surface area contributed by atoms with Crippen molar-refractivity contribution >= 4 is 21.9 Å². The van der Waals surface area contributed by atoms with Gasteiger partial charge >= 0.3 is 5.97 Å². The molecule has 1 aromatic rings. The fourth-order valence-electron chi connectivity index (χ4n) is 1.17. The van der Waals surface area contributed by atoms with Gasteiger partial charge in [-0.3, -0.25) is 9.78 Å². The van der Waals surface area contributed by atoms with Crippen molar-refractivity contribution in [1.29, 1.82) is 0 Å². The zero-order valence-electron chi connectivity index (χ0n) is 7.88. The molecule has 0 unspecified atom stereocenters. The summed E-state index contributed by atoms with van der Waals surface area (Å²) in [6, 6.07) is 0. The van der Waals surface area contributed by atoms with Gasteiger partial charge in [-0.15, -0.1) is 0 Å². The monoisotopic (exact) mass is 297 g/mol. The van der Waals surface area contributed by atoms with Crippen molar-refractivity contribution in [3.05, 3.63) is 28.8 Å². The number of hydrogen-bond acceptors (Lipinski definition) is 2. The maximum atomic E-state index is 13.5. The topological polar surface area (TPSA) is 50.2 Å². The van der Waals surface area contributed by atoms with E-state index in [9.17, 15) is 18.0 Å². The maximum absolute atomic E-state index is 13.5. The molecule has 0 aliphatic rings. The summed E-state index contributed by atoms with van der Waals surface area (Å²) in [5, 5.41) is 8.47. The third-order valence-corrected chi connectivity index (χ3v) is 2.47. The SMILES string of the molecule is O=C(O)Cc1ncc(C(F)F)c(F)c1CBr. The highest BCUT2D eigenvalue weighted by atomic mass is 79.9. The quantitative estimate of drug-likeness (QED) is 0.869. The summed E-state index contributed by atoms with van der Waals surface area (Å²) in [4.78, 5) is 14.0. The molecule has 0 saturated heterocycles. The van der Waals surface area contributed by atoms with Gasteiger partial charge in [0, 0.05) is 17.1 Å². The number of aliphatic carboxylic acids is 1. The number of aromatic nitrogens is 1. The van der Waals surface area contributed by atoms with E-state index >= 15 is 0 Å². The largest absolute Gasteiger partial charge is 0.481 e. The van der Waals surface area contributed by atoms with Crippen LogP contribution in [0.4, 0.5) is 13.2 Å². The molecule has 88 valence electrons. The lowest BCUT2D eigenvalue weighted by molar-refractivity contribution is -0.136. The van der Waals surface area contributed by atoms with Gasteiger partial charge in [-0.25, -0.2) is 13.2 Å². The molecule has 0 amide bonds. The van der Waals surface area contributed by atoms with Crippen molar-refractivity contribution in [2.45, 2.75) is 18.2 Å². The second-order valence-electron chi connectivity index (χ2n) is 2.96. The number of nitrogens with zero attached hydrogens (tertiary/aromatic N) is 1. The zero-order valence-corrected chi connectivity index (χ0v) is 9.47. The van der Waals surface area contributed by atoms with Crippen LogP contribution in [0.25, 0.3) is 0 Å². The molecule has 0 saturated carbocycles. The number of alkyl halides is 3. The Morgan fingerprint density at radius 3 is 2.62 bits per heavy atom. The first-order chi connectivity index (χ1) is 7.47. The minimum absolute atomic E-state index is 0.0497. The van der Waals surface area contributed by atoms with Crippen LogP contribution in [0.5, 0.6) is 0 Å². The van der Waals surface area contributed by atoms with Gasteiger partial charge in [-0.2, -0.15) is 0 Å². The lowest BCUT2D eigenvalue weighted by Gasteiger charge is -2.09. The lowest BCUT2D eigenvalue weighted by Crippen LogP contribution is -2.09. The van der Waals surface area contributed by atoms with Gasteiger partial charge < -0.3 is 5.11 Å². The number of rotatable bonds is 4. The van der Waals surface area contributed by atoms with E-state index in [2.05, 4.69) is 20.9 Å². The molecule has 16 heavy (non-hydrogen) atoms. The molecule has 3 nitrogen and oxygen atoms in total. The van der Waals surface area contributed by atoms with Crippen LogP contribution in [-0.4, -0.2) is 16.1 Å². The van der Waals surface area contributed by atoms with E-state index < -0.39 is 30.2 Å². The Labute approximate surface area is 97.4 Å². The molecule has 1 rings (SSSR count). The number of carbonyl (C=O) groups is 1. The Balaban J connectivity index is 3.23. The van der Waals surface area contributed by atoms with Gasteiger partial charge in [0.2, 0.25) is 0 Å². The van der Waals surface area contributed by atoms with E-state index in [0.717, 1.165) is 0 Å². The van der Waals surface area contributed by atoms with Crippen LogP contribution < -0.4 is 0 Å². The van der Waals surface area contributed by atoms with Crippen LogP contribution in [0.15, 0.2) is 6.20 Å². The molecular weight excluding hydrogens is 291 g/mol. The van der Waals surface area contributed by atoms with Crippen LogP contribution in [0.1, 0.15) is 23.2 Å². The Hall–Kier alpha value is -1.11. The summed E-state index contributed by atoms with van der Waals surface area (Å²) in [7, 11) is 0. The van der Waals surface area contributed by atoms with Crippen molar-refractivity contribution in [3.8, 4) is 0 Å². The molecule has 1 heterocycles. The van der Waals surface area contributed by atoms with E-state index in [1.165, 1.54) is 0 Å². The second-order valence-corrected chi connectivity index (χ2v) is 3.52. The Morgan fingerprint density at radius 2 is 2.19 bits per heavy atom. The molecule has 0 aromatic carbocycles. The number of hydrogen-bond donors (Lipinski definition) is 1. The Morgan fingerprint density at radius 1 is 1.56 bits per heavy atom. The molecular formula is C9H7BrF3NO2. The molecule has 7 heteroatoms. The maximum Gasteiger partial charge on any atom is 0.309 e. The van der Waals surface area contributed by atoms with E-state index in [1.54, 1.807) is 0 Å². The first-order valence-corrected chi connectivity index (χ1v) is 5.31. The number of pyridine rings is 1. The summed E-state index contributed by atoms with van der Waals surface area (Å²) in [6.45, 7) is 0. The van der Waals surface area contributed by atoms with Gasteiger partial charge in [-0.05, 0) is 0 Å². The lowest BCUT2D eigenvalue weighted by atomic mass is 10.1. The predicted molar refractivity (Wildman–Crippen MR) is 53.1 cm³/mol. The molecule has 0 aliphatic carbocycles. The molecule has 0 bridgehead atoms. The van der Waals surface area contributed by atoms with Crippen LogP contribution >= 0.6 is 15.9 Å². The van der Waals surface area contributed by atoms with Crippen molar-refractivity contribution in [3.63, 3.8) is 0 Å². The summed E-state index contributed by atoms with van der Waals surface area (Å²) < 4.78 is 38.1. The summed E-state index contributed by atoms with van der Waals surface area (Å²) in [5.41, 5.74) is -1.00. The summed E-state index contributed by atoms with van der Waals surface area (Å²) in [6.07, 6.45) is -2.80. The fourth-order valence-corrected chi connectivity index (χ4v) is 1.74. The van der Waals surface area contributed by atoms with Gasteiger partial charge in [-0.1, -0.05) is 15.9 Å². The first kappa shape index (κ1) is 13.0. The molecule has 1 aromatic heterocycles. The fraction of sp³-hybridized carbons (Fsp3) is 0.333. The Bertz CT molecular complexity index is 412. The number of carboxylic acid groups (broad SMARTS) is 1. The standard InChI is InChI=1S/C9H7BrF3NO2/c10-2-4-6(1-7(15)16)14-3-5(8(4)11)9(12)13/h3,9H,1-2H2,(H,15,16). The smallest absolute Gasteiger partial charge is 0.309 e. The van der Waals surface area contributed by atoms with Crippen LogP contribution in [-0.2, 0) is 16.5 Å². The third-order valence-electron chi connectivity index (χ3n) is 1.91. The minimum atomic E-state index is -2.97. The van der Waals surface area contributed by atoms with E-state index in [4.69, 9.17) is 5.11 Å². The molecule has 1 N–H and O–H groups in total. The van der Waals surface area contributed by atoms with Gasteiger partial charge in [0.1, 0.15) is 5.82 Å². The zero-order chi connectivity index (χ0) is 12.3. The van der Waals surface area contributed by atoms with Crippen molar-refractivity contribution in [2.24, 2.45) is 0 Å². The van der Waals surface area contributed by atoms with E-state index in [0.29, 0.717) is 6.20 Å². The molecule has 0 fully saturated rings. The average molecular weight is 298 g/mol. The highest BCUT2D eigenvalue weighted by Gasteiger charge is 2.20. The predicted octanol–water partition coefficient (Wildman–Crippen LogP) is 2.68. The Kier molecular flexibility index (Phi) is 4.28. The highest BCUT2D eigenvalue weighted by molar-refractivity contribution is 9.08. The van der Waals surface area contributed by atoms with Crippen LogP contribution in [0.3, 0.4) is 0 Å². The number of halogens is 4. The van der Waals surface area contributed by atoms with E-state index in [-0.39, 0.29) is 16.6 Å². The first-order valence-electron chi connectivity index (χ1n) is 4.19. The third kappa shape index (κ3) is 2.72. The normalized spacial score (nSPS) is 10.8. The van der Waals surface area contributed by atoms with Crippen LogP contribution in [0.2, 0.25) is 0 Å². The van der Waals surface area contributed by atoms with Crippen molar-refractivity contribution in [2.75, 3.05) is 0 Å². The van der Waals surface area contributed by atoms with E-state index in [1.807, 2.05) is 0 Å². The van der Waals surface area contributed by atoms with Crippen LogP contribution in [0, 0.1) is 5.82 Å². The summed E-state index contributed by atoms with van der Waals surface area (Å²) in [5.74, 6) is -2.29. The highest BCUT2D eigenvalue weighted by Crippen LogP contribution is 2.26. The van der Waals surface area contributed by atoms with Gasteiger partial charge in [0.15, 0.2) is 0 Å². The molecule has 0 atom stereocenters. The van der Waals surface area contributed by atoms with Gasteiger partial charge in [0.25, 0.3) is 6.43 Å². The number of carboxylic acids is 1. The minimum Gasteiger partial charge on any atom is -0.481 e. The second kappa shape index (κ2) is 5.29. The van der Waals surface area contributed by atoms with Crippen molar-refractivity contribution in [1.82, 2.24) is 4.98 Å². The summed E-state index contributed by atoms with van der Waals surface area (Å²) >= 11 is 2.91. The molecule has 0 aliphatic heterocycles.